The Morgan fingerprint density at radius 2 is 1.79 bits per heavy atom. The van der Waals surface area contributed by atoms with Gasteiger partial charge in [0.2, 0.25) is 0 Å². The predicted molar refractivity (Wildman–Crippen MR) is 123 cm³/mol. The smallest absolute Gasteiger partial charge is 0.191 e. The minimum atomic E-state index is -0.191. The highest BCUT2D eigenvalue weighted by atomic mass is 127. The van der Waals surface area contributed by atoms with Gasteiger partial charge in [0, 0.05) is 45.3 Å². The first-order valence-corrected chi connectivity index (χ1v) is 10.2. The third-order valence-corrected chi connectivity index (χ3v) is 5.89. The van der Waals surface area contributed by atoms with Crippen LogP contribution in [0.2, 0.25) is 0 Å². The molecule has 2 saturated heterocycles. The third-order valence-electron chi connectivity index (χ3n) is 5.89. The number of likely N-dealkylation sites (tertiary alicyclic amines) is 1. The van der Waals surface area contributed by atoms with Crippen LogP contribution >= 0.6 is 24.0 Å². The molecule has 0 unspecified atom stereocenters. The van der Waals surface area contributed by atoms with Gasteiger partial charge in [-0.2, -0.15) is 0 Å². The van der Waals surface area contributed by atoms with Crippen molar-refractivity contribution >= 4 is 29.9 Å². The van der Waals surface area contributed by atoms with Crippen molar-refractivity contribution in [1.29, 1.82) is 0 Å². The van der Waals surface area contributed by atoms with Crippen LogP contribution in [0.4, 0.5) is 4.39 Å². The van der Waals surface area contributed by atoms with E-state index in [1.54, 1.807) is 12.1 Å². The molecule has 0 aliphatic carbocycles. The zero-order valence-electron chi connectivity index (χ0n) is 16.9. The Morgan fingerprint density at radius 3 is 2.43 bits per heavy atom. The summed E-state index contributed by atoms with van der Waals surface area (Å²) in [4.78, 5) is 6.89. The maximum atomic E-state index is 13.4. The molecule has 0 radical (unpaired) electrons. The summed E-state index contributed by atoms with van der Waals surface area (Å²) >= 11 is 0. The molecule has 0 atom stereocenters. The van der Waals surface area contributed by atoms with Crippen molar-refractivity contribution in [2.24, 2.45) is 4.99 Å². The lowest BCUT2D eigenvalue weighted by Gasteiger charge is -2.38. The van der Waals surface area contributed by atoms with Crippen molar-refractivity contribution < 1.29 is 9.13 Å². The van der Waals surface area contributed by atoms with Crippen molar-refractivity contribution in [2.75, 3.05) is 53.0 Å². The van der Waals surface area contributed by atoms with Gasteiger partial charge in [-0.15, -0.1) is 24.0 Å². The maximum Gasteiger partial charge on any atom is 0.191 e. The van der Waals surface area contributed by atoms with E-state index in [9.17, 15) is 4.39 Å². The highest BCUT2D eigenvalue weighted by Crippen LogP contribution is 2.34. The minimum absolute atomic E-state index is 0. The maximum absolute atomic E-state index is 13.4. The van der Waals surface area contributed by atoms with Gasteiger partial charge in [-0.05, 0) is 56.5 Å². The fourth-order valence-corrected chi connectivity index (χ4v) is 4.12. The lowest BCUT2D eigenvalue weighted by atomic mass is 9.74. The molecule has 7 heteroatoms. The number of piperidine rings is 1. The van der Waals surface area contributed by atoms with E-state index in [4.69, 9.17) is 4.74 Å². The average Bonchev–Trinajstić information content (AvgIpc) is 2.72. The number of halogens is 2. The Labute approximate surface area is 185 Å². The van der Waals surface area contributed by atoms with Crippen LogP contribution in [0.3, 0.4) is 0 Å². The Kier molecular flexibility index (Phi) is 9.94. The van der Waals surface area contributed by atoms with E-state index in [-0.39, 0.29) is 35.2 Å². The Balaban J connectivity index is 0.00000280. The topological polar surface area (TPSA) is 48.9 Å². The van der Waals surface area contributed by atoms with E-state index in [1.165, 1.54) is 37.9 Å². The van der Waals surface area contributed by atoms with E-state index in [0.29, 0.717) is 0 Å². The van der Waals surface area contributed by atoms with E-state index in [0.717, 1.165) is 51.6 Å². The largest absolute Gasteiger partial charge is 0.381 e. The van der Waals surface area contributed by atoms with Crippen LogP contribution in [0.5, 0.6) is 0 Å². The molecule has 0 bridgehead atoms. The number of hydrogen-bond donors (Lipinski definition) is 2. The third kappa shape index (κ3) is 6.56. The lowest BCUT2D eigenvalue weighted by molar-refractivity contribution is 0.0513. The van der Waals surface area contributed by atoms with Crippen LogP contribution < -0.4 is 10.6 Å². The Bertz CT molecular complexity index is 599. The van der Waals surface area contributed by atoms with Gasteiger partial charge in [-0.1, -0.05) is 18.6 Å². The second-order valence-corrected chi connectivity index (χ2v) is 7.65. The number of benzene rings is 1. The zero-order valence-corrected chi connectivity index (χ0v) is 19.2. The van der Waals surface area contributed by atoms with E-state index >= 15 is 0 Å². The van der Waals surface area contributed by atoms with Crippen LogP contribution in [0.1, 0.15) is 37.7 Å². The predicted octanol–water partition coefficient (Wildman–Crippen LogP) is 3.14. The molecule has 28 heavy (non-hydrogen) atoms. The molecule has 2 heterocycles. The molecule has 3 rings (SSSR count). The van der Waals surface area contributed by atoms with Gasteiger partial charge in [0.05, 0.1) is 0 Å². The van der Waals surface area contributed by atoms with Crippen molar-refractivity contribution in [1.82, 2.24) is 15.5 Å². The first kappa shape index (κ1) is 23.3. The SMILES string of the molecule is CN=C(NCCN1CCCCC1)NCC1(c2ccc(F)cc2)CCOCC1.I. The summed E-state index contributed by atoms with van der Waals surface area (Å²) in [6, 6.07) is 6.93. The highest BCUT2D eigenvalue weighted by Gasteiger charge is 2.34. The molecule has 0 saturated carbocycles. The monoisotopic (exact) mass is 504 g/mol. The van der Waals surface area contributed by atoms with Gasteiger partial charge < -0.3 is 20.3 Å². The molecule has 0 spiro atoms. The Morgan fingerprint density at radius 1 is 1.11 bits per heavy atom. The Hall–Kier alpha value is -0.930. The summed E-state index contributed by atoms with van der Waals surface area (Å²) in [5, 5.41) is 6.94. The van der Waals surface area contributed by atoms with Crippen molar-refractivity contribution in [3.8, 4) is 0 Å². The van der Waals surface area contributed by atoms with Gasteiger partial charge in [0.1, 0.15) is 5.82 Å². The summed E-state index contributed by atoms with van der Waals surface area (Å²) in [6.07, 6.45) is 5.85. The van der Waals surface area contributed by atoms with Crippen molar-refractivity contribution in [3.05, 3.63) is 35.6 Å². The van der Waals surface area contributed by atoms with Crippen LogP contribution in [0.15, 0.2) is 29.3 Å². The molecule has 2 N–H and O–H groups in total. The van der Waals surface area contributed by atoms with Gasteiger partial charge in [-0.3, -0.25) is 4.99 Å². The van der Waals surface area contributed by atoms with Gasteiger partial charge in [0.25, 0.3) is 0 Å². The van der Waals surface area contributed by atoms with Crippen LogP contribution in [-0.4, -0.2) is 63.8 Å². The molecule has 2 aliphatic rings. The first-order valence-electron chi connectivity index (χ1n) is 10.2. The van der Waals surface area contributed by atoms with Gasteiger partial charge >= 0.3 is 0 Å². The van der Waals surface area contributed by atoms with Crippen molar-refractivity contribution in [3.63, 3.8) is 0 Å². The molecule has 1 aromatic carbocycles. The molecule has 2 fully saturated rings. The molecule has 0 amide bonds. The molecule has 1 aromatic rings. The van der Waals surface area contributed by atoms with Crippen LogP contribution in [0.25, 0.3) is 0 Å². The van der Waals surface area contributed by atoms with Crippen LogP contribution in [-0.2, 0) is 10.2 Å². The fourth-order valence-electron chi connectivity index (χ4n) is 4.12. The highest BCUT2D eigenvalue weighted by molar-refractivity contribution is 14.0. The number of nitrogens with one attached hydrogen (secondary N) is 2. The quantitative estimate of drug-likeness (QED) is 0.355. The summed E-state index contributed by atoms with van der Waals surface area (Å²) in [7, 11) is 1.81. The number of rotatable bonds is 6. The summed E-state index contributed by atoms with van der Waals surface area (Å²) in [5.41, 5.74) is 1.12. The molecule has 0 aromatic heterocycles. The normalized spacial score (nSPS) is 20.3. The zero-order chi connectivity index (χ0) is 19.0. The second kappa shape index (κ2) is 11.9. The van der Waals surface area contributed by atoms with Crippen LogP contribution in [0, 0.1) is 5.82 Å². The molecule has 158 valence electrons. The van der Waals surface area contributed by atoms with Crippen molar-refractivity contribution in [2.45, 2.75) is 37.5 Å². The van der Waals surface area contributed by atoms with Gasteiger partial charge in [0.15, 0.2) is 5.96 Å². The molecular weight excluding hydrogens is 470 g/mol. The molecule has 2 aliphatic heterocycles. The first-order chi connectivity index (χ1) is 13.2. The lowest BCUT2D eigenvalue weighted by Crippen LogP contribution is -2.49. The fraction of sp³-hybridized carbons (Fsp3) is 0.667. The van der Waals surface area contributed by atoms with E-state index < -0.39 is 0 Å². The number of ether oxygens (including phenoxy) is 1. The average molecular weight is 504 g/mol. The second-order valence-electron chi connectivity index (χ2n) is 7.65. The van der Waals surface area contributed by atoms with Gasteiger partial charge in [-0.25, -0.2) is 4.39 Å². The summed E-state index contributed by atoms with van der Waals surface area (Å²) in [6.45, 7) is 6.61. The number of nitrogens with zero attached hydrogens (tertiary/aromatic N) is 2. The number of hydrogen-bond acceptors (Lipinski definition) is 3. The summed E-state index contributed by atoms with van der Waals surface area (Å²) < 4.78 is 18.9. The molecular formula is C21H34FIN4O. The number of aliphatic imine (C=N–C) groups is 1. The standard InChI is InChI=1S/C21H33FN4O.HI/c1-23-20(24-11-14-26-12-3-2-4-13-26)25-17-21(9-15-27-16-10-21)18-5-7-19(22)8-6-18;/h5-8H,2-4,9-17H2,1H3,(H2,23,24,25);1H. The minimum Gasteiger partial charge on any atom is -0.381 e. The van der Waals surface area contributed by atoms with E-state index in [1.807, 2.05) is 19.2 Å². The number of guanidine groups is 1. The molecule has 5 nitrogen and oxygen atoms in total. The summed E-state index contributed by atoms with van der Waals surface area (Å²) in [5.74, 6) is 0.643. The van der Waals surface area contributed by atoms with E-state index in [2.05, 4.69) is 20.5 Å².